The summed E-state index contributed by atoms with van der Waals surface area (Å²) in [5, 5.41) is 0. The number of nitrogens with zero attached hydrogens (tertiary/aromatic N) is 4. The third-order valence-corrected chi connectivity index (χ3v) is 6.36. The number of methoxy groups -OCH3 is 1. The maximum absolute atomic E-state index is 13.2. The van der Waals surface area contributed by atoms with Gasteiger partial charge in [-0.15, -0.1) is 0 Å². The molecule has 0 atom stereocenters. The summed E-state index contributed by atoms with van der Waals surface area (Å²) in [6.07, 6.45) is 1.41. The fourth-order valence-electron chi connectivity index (χ4n) is 4.22. The third-order valence-electron chi connectivity index (χ3n) is 6.36. The first-order valence-corrected chi connectivity index (χ1v) is 10.2. The molecule has 2 heterocycles. The summed E-state index contributed by atoms with van der Waals surface area (Å²) in [6, 6.07) is 8.02. The Morgan fingerprint density at radius 2 is 1.32 bits per heavy atom. The van der Waals surface area contributed by atoms with Gasteiger partial charge in [-0.25, -0.2) is 0 Å². The van der Waals surface area contributed by atoms with Crippen molar-refractivity contribution in [2.75, 3.05) is 71.4 Å². The van der Waals surface area contributed by atoms with Crippen molar-refractivity contribution in [2.45, 2.75) is 12.8 Å². The van der Waals surface area contributed by atoms with Gasteiger partial charge in [0.2, 0.25) is 11.8 Å². The zero-order chi connectivity index (χ0) is 19.7. The van der Waals surface area contributed by atoms with Crippen molar-refractivity contribution >= 4 is 17.5 Å². The molecule has 1 aromatic carbocycles. The van der Waals surface area contributed by atoms with E-state index >= 15 is 0 Å². The summed E-state index contributed by atoms with van der Waals surface area (Å²) < 4.78 is 5.22. The number of benzene rings is 1. The smallest absolute Gasteiger partial charge is 0.238 e. The van der Waals surface area contributed by atoms with Crippen molar-refractivity contribution in [3.8, 4) is 5.75 Å². The minimum Gasteiger partial charge on any atom is -0.497 e. The molecule has 2 amide bonds. The van der Waals surface area contributed by atoms with E-state index in [0.717, 1.165) is 50.7 Å². The minimum absolute atomic E-state index is 0.0470. The number of piperazine rings is 2. The predicted molar refractivity (Wildman–Crippen MR) is 108 cm³/mol. The second-order valence-electron chi connectivity index (χ2n) is 8.15. The van der Waals surface area contributed by atoms with Gasteiger partial charge in [0, 0.05) is 58.0 Å². The summed E-state index contributed by atoms with van der Waals surface area (Å²) in [6.45, 7) is 6.15. The molecule has 0 N–H and O–H groups in total. The van der Waals surface area contributed by atoms with Crippen LogP contribution in [0.25, 0.3) is 0 Å². The second-order valence-corrected chi connectivity index (χ2v) is 8.15. The Balaban J connectivity index is 1.35. The normalized spacial score (nSPS) is 22.1. The topological polar surface area (TPSA) is 56.3 Å². The molecule has 1 aromatic rings. The minimum atomic E-state index is -0.766. The zero-order valence-electron chi connectivity index (χ0n) is 16.9. The molecule has 152 valence electrons. The molecule has 1 saturated carbocycles. The SMILES string of the molecule is COc1ccc(N2CCN(C(=O)C3(C(=O)N4CCN(C)CC4)CC3)CC2)cc1. The number of hydrogen-bond donors (Lipinski definition) is 0. The lowest BCUT2D eigenvalue weighted by atomic mass is 10.0. The Morgan fingerprint density at radius 1 is 0.821 bits per heavy atom. The molecule has 7 heteroatoms. The molecule has 2 saturated heterocycles. The van der Waals surface area contributed by atoms with Gasteiger partial charge in [-0.2, -0.15) is 0 Å². The van der Waals surface area contributed by atoms with E-state index in [4.69, 9.17) is 4.74 Å². The maximum atomic E-state index is 13.2. The van der Waals surface area contributed by atoms with Crippen LogP contribution in [-0.2, 0) is 9.59 Å². The van der Waals surface area contributed by atoms with Gasteiger partial charge in [-0.3, -0.25) is 9.59 Å². The summed E-state index contributed by atoms with van der Waals surface area (Å²) in [7, 11) is 3.73. The van der Waals surface area contributed by atoms with Gasteiger partial charge in [-0.05, 0) is 44.2 Å². The largest absolute Gasteiger partial charge is 0.497 e. The number of hydrogen-bond acceptors (Lipinski definition) is 5. The van der Waals surface area contributed by atoms with E-state index in [1.54, 1.807) is 7.11 Å². The van der Waals surface area contributed by atoms with Gasteiger partial charge in [-0.1, -0.05) is 0 Å². The molecule has 4 rings (SSSR count). The monoisotopic (exact) mass is 386 g/mol. The molecule has 3 fully saturated rings. The van der Waals surface area contributed by atoms with E-state index in [9.17, 15) is 9.59 Å². The lowest BCUT2D eigenvalue weighted by Gasteiger charge is -2.39. The third kappa shape index (κ3) is 3.55. The van der Waals surface area contributed by atoms with E-state index in [-0.39, 0.29) is 11.8 Å². The van der Waals surface area contributed by atoms with Crippen molar-refractivity contribution in [3.05, 3.63) is 24.3 Å². The number of anilines is 1. The van der Waals surface area contributed by atoms with Gasteiger partial charge < -0.3 is 24.3 Å². The highest BCUT2D eigenvalue weighted by atomic mass is 16.5. The van der Waals surface area contributed by atoms with Gasteiger partial charge in [0.15, 0.2) is 0 Å². The molecule has 7 nitrogen and oxygen atoms in total. The summed E-state index contributed by atoms with van der Waals surface area (Å²) in [5.41, 5.74) is 0.376. The number of carbonyl (C=O) groups excluding carboxylic acids is 2. The lowest BCUT2D eigenvalue weighted by molar-refractivity contribution is -0.150. The molecule has 0 aromatic heterocycles. The summed E-state index contributed by atoms with van der Waals surface area (Å²) >= 11 is 0. The van der Waals surface area contributed by atoms with Crippen LogP contribution in [-0.4, -0.2) is 93.0 Å². The molecule has 0 spiro atoms. The van der Waals surface area contributed by atoms with Crippen LogP contribution in [0.5, 0.6) is 5.75 Å². The Labute approximate surface area is 166 Å². The van der Waals surface area contributed by atoms with Gasteiger partial charge in [0.25, 0.3) is 0 Å². The average molecular weight is 386 g/mol. The number of likely N-dealkylation sites (N-methyl/N-ethyl adjacent to an activating group) is 1. The van der Waals surface area contributed by atoms with Gasteiger partial charge in [0.05, 0.1) is 7.11 Å². The molecule has 1 aliphatic carbocycles. The molecule has 3 aliphatic rings. The quantitative estimate of drug-likeness (QED) is 0.720. The molecular weight excluding hydrogens is 356 g/mol. The first-order chi connectivity index (χ1) is 13.5. The van der Waals surface area contributed by atoms with Gasteiger partial charge in [0.1, 0.15) is 11.2 Å². The lowest BCUT2D eigenvalue weighted by Crippen LogP contribution is -2.55. The van der Waals surface area contributed by atoms with E-state index in [1.165, 1.54) is 0 Å². The molecule has 0 unspecified atom stereocenters. The number of rotatable bonds is 4. The number of carbonyl (C=O) groups is 2. The van der Waals surface area contributed by atoms with E-state index in [1.807, 2.05) is 21.9 Å². The first-order valence-electron chi connectivity index (χ1n) is 10.2. The Bertz CT molecular complexity index is 716. The standard InChI is InChI=1S/C21H30N4O3/c1-22-9-11-24(12-10-22)19(26)21(7-8-21)20(27)25-15-13-23(14-16-25)17-3-5-18(28-2)6-4-17/h3-6H,7-16H2,1-2H3. The van der Waals surface area contributed by atoms with E-state index in [2.05, 4.69) is 29.0 Å². The summed E-state index contributed by atoms with van der Waals surface area (Å²) in [4.78, 5) is 34.6. The van der Waals surface area contributed by atoms with E-state index in [0.29, 0.717) is 25.9 Å². The molecule has 0 radical (unpaired) electrons. The highest BCUT2D eigenvalue weighted by Crippen LogP contribution is 2.49. The number of ether oxygens (including phenoxy) is 1. The molecule has 0 bridgehead atoms. The highest BCUT2D eigenvalue weighted by Gasteiger charge is 2.59. The second kappa shape index (κ2) is 7.62. The Morgan fingerprint density at radius 3 is 1.79 bits per heavy atom. The summed E-state index contributed by atoms with van der Waals surface area (Å²) in [5.74, 6) is 0.949. The molecule has 28 heavy (non-hydrogen) atoms. The number of amides is 2. The Kier molecular flexibility index (Phi) is 5.19. The maximum Gasteiger partial charge on any atom is 0.238 e. The molecular formula is C21H30N4O3. The van der Waals surface area contributed by atoms with Crippen molar-refractivity contribution in [3.63, 3.8) is 0 Å². The van der Waals surface area contributed by atoms with Crippen LogP contribution in [0.2, 0.25) is 0 Å². The van der Waals surface area contributed by atoms with Crippen LogP contribution < -0.4 is 9.64 Å². The Hall–Kier alpha value is -2.28. The van der Waals surface area contributed by atoms with Crippen LogP contribution in [0.1, 0.15) is 12.8 Å². The first kappa shape index (κ1) is 19.1. The predicted octanol–water partition coefficient (Wildman–Crippen LogP) is 0.898. The van der Waals surface area contributed by atoms with Crippen molar-refractivity contribution < 1.29 is 14.3 Å². The van der Waals surface area contributed by atoms with Crippen LogP contribution in [0.3, 0.4) is 0 Å². The van der Waals surface area contributed by atoms with Crippen LogP contribution in [0.4, 0.5) is 5.69 Å². The molecule has 2 aliphatic heterocycles. The van der Waals surface area contributed by atoms with Crippen LogP contribution in [0.15, 0.2) is 24.3 Å². The highest BCUT2D eigenvalue weighted by molar-refractivity contribution is 6.08. The van der Waals surface area contributed by atoms with Crippen molar-refractivity contribution in [1.82, 2.24) is 14.7 Å². The zero-order valence-corrected chi connectivity index (χ0v) is 16.9. The fraction of sp³-hybridized carbons (Fsp3) is 0.619. The fourth-order valence-corrected chi connectivity index (χ4v) is 4.22. The van der Waals surface area contributed by atoms with Crippen LogP contribution >= 0.6 is 0 Å². The van der Waals surface area contributed by atoms with E-state index < -0.39 is 5.41 Å². The van der Waals surface area contributed by atoms with Crippen molar-refractivity contribution in [1.29, 1.82) is 0 Å². The van der Waals surface area contributed by atoms with Crippen molar-refractivity contribution in [2.24, 2.45) is 5.41 Å². The van der Waals surface area contributed by atoms with Gasteiger partial charge >= 0.3 is 0 Å². The average Bonchev–Trinajstić information content (AvgIpc) is 3.55. The van der Waals surface area contributed by atoms with Crippen LogP contribution in [0, 0.1) is 5.41 Å².